The maximum atomic E-state index is 3.79. The first-order chi connectivity index (χ1) is 9.64. The first-order valence-corrected chi connectivity index (χ1v) is 9.05. The molecule has 3 aliphatic carbocycles. The third-order valence-corrected chi connectivity index (χ3v) is 6.08. The smallest absolute Gasteiger partial charge is 0.00472 e. The predicted molar refractivity (Wildman–Crippen MR) is 86.8 cm³/mol. The van der Waals surface area contributed by atoms with Crippen molar-refractivity contribution in [3.63, 3.8) is 0 Å². The van der Waals surface area contributed by atoms with E-state index in [9.17, 15) is 0 Å². The molecule has 0 heterocycles. The second kappa shape index (κ2) is 5.83. The minimum atomic E-state index is 0.555. The van der Waals surface area contributed by atoms with Gasteiger partial charge >= 0.3 is 0 Å². The summed E-state index contributed by atoms with van der Waals surface area (Å²) in [6.07, 6.45) is 17.2. The highest BCUT2D eigenvalue weighted by Gasteiger charge is 2.55. The molecule has 0 aliphatic heterocycles. The Hall–Kier alpha value is -0.300. The van der Waals surface area contributed by atoms with E-state index in [4.69, 9.17) is 0 Å². The van der Waals surface area contributed by atoms with Crippen LogP contribution in [0.3, 0.4) is 0 Å². The Balaban J connectivity index is 1.66. The highest BCUT2D eigenvalue weighted by atomic mass is 14.9. The van der Waals surface area contributed by atoms with E-state index in [0.717, 1.165) is 11.3 Å². The van der Waals surface area contributed by atoms with E-state index < -0.39 is 0 Å². The van der Waals surface area contributed by atoms with Gasteiger partial charge in [-0.05, 0) is 69.2 Å². The highest BCUT2D eigenvalue weighted by molar-refractivity contribution is 5.25. The largest absolute Gasteiger partial charge is 0.316 e. The van der Waals surface area contributed by atoms with Crippen molar-refractivity contribution in [2.45, 2.75) is 78.1 Å². The summed E-state index contributed by atoms with van der Waals surface area (Å²) in [7, 11) is 0. The lowest BCUT2D eigenvalue weighted by molar-refractivity contribution is -0.0102. The van der Waals surface area contributed by atoms with Gasteiger partial charge in [-0.2, -0.15) is 0 Å². The van der Waals surface area contributed by atoms with Gasteiger partial charge in [-0.3, -0.25) is 0 Å². The van der Waals surface area contributed by atoms with Gasteiger partial charge in [-0.15, -0.1) is 0 Å². The summed E-state index contributed by atoms with van der Waals surface area (Å²) in [5, 5.41) is 3.79. The fourth-order valence-electron chi connectivity index (χ4n) is 5.25. The molecule has 1 nitrogen and oxygen atoms in total. The SMILES string of the molecule is CC(C)CNCC1(C2=CCCCC2)CC2(CCCC2)C1. The summed E-state index contributed by atoms with van der Waals surface area (Å²) in [4.78, 5) is 0. The Morgan fingerprint density at radius 3 is 2.45 bits per heavy atom. The Labute approximate surface area is 125 Å². The predicted octanol–water partition coefficient (Wildman–Crippen LogP) is 5.07. The Morgan fingerprint density at radius 1 is 1.10 bits per heavy atom. The molecule has 3 aliphatic rings. The zero-order valence-corrected chi connectivity index (χ0v) is 13.6. The second-order valence-corrected chi connectivity index (χ2v) is 8.34. The van der Waals surface area contributed by atoms with Crippen molar-refractivity contribution in [3.8, 4) is 0 Å². The van der Waals surface area contributed by atoms with E-state index in [-0.39, 0.29) is 0 Å². The van der Waals surface area contributed by atoms with Crippen molar-refractivity contribution in [3.05, 3.63) is 11.6 Å². The number of allylic oxidation sites excluding steroid dienone is 1. The molecule has 114 valence electrons. The molecule has 2 fully saturated rings. The summed E-state index contributed by atoms with van der Waals surface area (Å²) < 4.78 is 0. The third kappa shape index (κ3) is 2.84. The van der Waals surface area contributed by atoms with Crippen LogP contribution in [0.5, 0.6) is 0 Å². The van der Waals surface area contributed by atoms with Gasteiger partial charge in [0.1, 0.15) is 0 Å². The molecule has 0 aromatic heterocycles. The number of hydrogen-bond donors (Lipinski definition) is 1. The monoisotopic (exact) mass is 275 g/mol. The molecule has 20 heavy (non-hydrogen) atoms. The van der Waals surface area contributed by atoms with Crippen LogP contribution in [0.4, 0.5) is 0 Å². The molecule has 0 radical (unpaired) electrons. The zero-order valence-electron chi connectivity index (χ0n) is 13.6. The molecule has 0 amide bonds. The van der Waals surface area contributed by atoms with E-state index in [2.05, 4.69) is 25.2 Å². The van der Waals surface area contributed by atoms with Crippen LogP contribution >= 0.6 is 0 Å². The van der Waals surface area contributed by atoms with Gasteiger partial charge in [0.2, 0.25) is 0 Å². The highest BCUT2D eigenvalue weighted by Crippen LogP contribution is 2.65. The third-order valence-electron chi connectivity index (χ3n) is 6.08. The van der Waals surface area contributed by atoms with E-state index in [1.54, 1.807) is 0 Å². The van der Waals surface area contributed by atoms with Gasteiger partial charge in [0.15, 0.2) is 0 Å². The Kier molecular flexibility index (Phi) is 4.26. The van der Waals surface area contributed by atoms with Crippen LogP contribution in [0.1, 0.15) is 78.1 Å². The molecule has 1 heteroatoms. The average Bonchev–Trinajstić information content (AvgIpc) is 2.87. The average molecular weight is 275 g/mol. The van der Waals surface area contributed by atoms with Crippen LogP contribution in [0, 0.1) is 16.7 Å². The van der Waals surface area contributed by atoms with Crippen LogP contribution in [-0.2, 0) is 0 Å². The summed E-state index contributed by atoms with van der Waals surface area (Å²) in [6.45, 7) is 7.07. The van der Waals surface area contributed by atoms with Crippen LogP contribution < -0.4 is 5.32 Å². The molecule has 3 rings (SSSR count). The number of rotatable bonds is 5. The first-order valence-electron chi connectivity index (χ1n) is 9.05. The standard InChI is InChI=1S/C19H33N/c1-16(2)12-20-15-19(17-8-4-3-5-9-17)13-18(14-19)10-6-7-11-18/h8,16,20H,3-7,9-15H2,1-2H3. The number of nitrogens with one attached hydrogen (secondary N) is 1. The molecule has 0 aromatic carbocycles. The molecule has 0 unspecified atom stereocenters. The summed E-state index contributed by atoms with van der Waals surface area (Å²) in [6, 6.07) is 0. The first kappa shape index (κ1) is 14.6. The van der Waals surface area contributed by atoms with Crippen molar-refractivity contribution < 1.29 is 0 Å². The van der Waals surface area contributed by atoms with Crippen molar-refractivity contribution >= 4 is 0 Å². The van der Waals surface area contributed by atoms with Gasteiger partial charge in [0.25, 0.3) is 0 Å². The van der Waals surface area contributed by atoms with Crippen molar-refractivity contribution in [1.82, 2.24) is 5.32 Å². The summed E-state index contributed by atoms with van der Waals surface area (Å²) in [5.41, 5.74) is 3.15. The van der Waals surface area contributed by atoms with E-state index in [1.807, 2.05) is 5.57 Å². The van der Waals surface area contributed by atoms with Gasteiger partial charge in [-0.1, -0.05) is 38.3 Å². The fourth-order valence-corrected chi connectivity index (χ4v) is 5.25. The van der Waals surface area contributed by atoms with Crippen molar-refractivity contribution in [2.24, 2.45) is 16.7 Å². The molecular weight excluding hydrogens is 242 g/mol. The van der Waals surface area contributed by atoms with E-state index in [1.165, 1.54) is 77.3 Å². The van der Waals surface area contributed by atoms with Gasteiger partial charge < -0.3 is 5.32 Å². The lowest BCUT2D eigenvalue weighted by Crippen LogP contribution is -2.52. The van der Waals surface area contributed by atoms with Crippen LogP contribution in [0.15, 0.2) is 11.6 Å². The minimum Gasteiger partial charge on any atom is -0.316 e. The minimum absolute atomic E-state index is 0.555. The second-order valence-electron chi connectivity index (χ2n) is 8.34. The van der Waals surface area contributed by atoms with E-state index >= 15 is 0 Å². The fraction of sp³-hybridized carbons (Fsp3) is 0.895. The number of hydrogen-bond acceptors (Lipinski definition) is 1. The molecule has 2 saturated carbocycles. The summed E-state index contributed by atoms with van der Waals surface area (Å²) in [5.74, 6) is 0.771. The van der Waals surface area contributed by atoms with Crippen LogP contribution in [0.2, 0.25) is 0 Å². The maximum absolute atomic E-state index is 3.79. The lowest BCUT2D eigenvalue weighted by Gasteiger charge is -2.57. The quantitative estimate of drug-likeness (QED) is 0.690. The lowest BCUT2D eigenvalue weighted by atomic mass is 9.48. The normalized spacial score (nSPS) is 27.6. The molecule has 0 atom stereocenters. The van der Waals surface area contributed by atoms with Crippen LogP contribution in [0.25, 0.3) is 0 Å². The Morgan fingerprint density at radius 2 is 1.85 bits per heavy atom. The molecule has 0 saturated heterocycles. The molecule has 0 bridgehead atoms. The van der Waals surface area contributed by atoms with Crippen LogP contribution in [-0.4, -0.2) is 13.1 Å². The summed E-state index contributed by atoms with van der Waals surface area (Å²) >= 11 is 0. The molecule has 0 aromatic rings. The van der Waals surface area contributed by atoms with E-state index in [0.29, 0.717) is 5.41 Å². The molecular formula is C19H33N. The van der Waals surface area contributed by atoms with Gasteiger partial charge in [-0.25, -0.2) is 0 Å². The van der Waals surface area contributed by atoms with Crippen molar-refractivity contribution in [1.29, 1.82) is 0 Å². The van der Waals surface area contributed by atoms with Gasteiger partial charge in [0.05, 0.1) is 0 Å². The molecule has 1 N–H and O–H groups in total. The topological polar surface area (TPSA) is 12.0 Å². The van der Waals surface area contributed by atoms with Crippen molar-refractivity contribution in [2.75, 3.05) is 13.1 Å². The Bertz CT molecular complexity index is 352. The zero-order chi connectivity index (χ0) is 14.1. The molecule has 1 spiro atoms. The van der Waals surface area contributed by atoms with Gasteiger partial charge in [0, 0.05) is 12.0 Å². The maximum Gasteiger partial charge on any atom is 0.00472 e.